The van der Waals surface area contributed by atoms with Gasteiger partial charge in [-0.3, -0.25) is 9.59 Å². The lowest BCUT2D eigenvalue weighted by atomic mass is 10.2. The van der Waals surface area contributed by atoms with E-state index in [4.69, 9.17) is 9.57 Å². The van der Waals surface area contributed by atoms with Gasteiger partial charge < -0.3 is 14.9 Å². The summed E-state index contributed by atoms with van der Waals surface area (Å²) in [5.41, 5.74) is 3.22. The number of rotatable bonds is 9. The van der Waals surface area contributed by atoms with Gasteiger partial charge in [-0.05, 0) is 37.6 Å². The molecule has 2 aromatic rings. The molecule has 1 saturated heterocycles. The Labute approximate surface area is 185 Å². The van der Waals surface area contributed by atoms with Crippen LogP contribution in [0.4, 0.5) is 5.69 Å². The molecule has 1 heterocycles. The minimum absolute atomic E-state index is 0.0141. The van der Waals surface area contributed by atoms with Gasteiger partial charge in [-0.25, -0.2) is 14.8 Å². The molecule has 0 radical (unpaired) electrons. The molecule has 9 heteroatoms. The summed E-state index contributed by atoms with van der Waals surface area (Å²) < 4.78 is 5.26. The van der Waals surface area contributed by atoms with E-state index >= 15 is 0 Å². The largest absolute Gasteiger partial charge is 0.382 e. The van der Waals surface area contributed by atoms with Crippen molar-refractivity contribution in [1.82, 2.24) is 10.9 Å². The maximum Gasteiger partial charge on any atom is 0.376 e. The number of para-hydroxylation sites is 1. The maximum atomic E-state index is 12.8. The molecule has 0 unspecified atom stereocenters. The Kier molecular flexibility index (Phi) is 8.24. The van der Waals surface area contributed by atoms with Crippen molar-refractivity contribution in [2.45, 2.75) is 13.3 Å². The van der Waals surface area contributed by atoms with Crippen LogP contribution < -0.4 is 15.9 Å². The topological polar surface area (TPSA) is 109 Å². The summed E-state index contributed by atoms with van der Waals surface area (Å²) in [6, 6.07) is 17.3. The molecule has 1 aliphatic rings. The van der Waals surface area contributed by atoms with Gasteiger partial charge in [0.1, 0.15) is 5.71 Å². The standard InChI is InChI=1S/C23H24N4O5/c1-2-31-15-9-14-24-22(29)19(25-21(28)17-10-5-3-6-11-17)16-20-23(30)32-26-27(20)18-12-7-4-8-13-18/h3-8,10-13,16,26H,2,9,14-15H2,1H3,(H,24,29)/b20-16+,25-19?. The first-order valence-corrected chi connectivity index (χ1v) is 10.2. The van der Waals surface area contributed by atoms with E-state index in [-0.39, 0.29) is 11.4 Å². The molecule has 2 N–H and O–H groups in total. The lowest BCUT2D eigenvalue weighted by molar-refractivity contribution is -0.140. The molecule has 0 saturated carbocycles. The van der Waals surface area contributed by atoms with Crippen molar-refractivity contribution < 1.29 is 24.0 Å². The number of ether oxygens (including phenoxy) is 1. The van der Waals surface area contributed by atoms with Gasteiger partial charge in [-0.1, -0.05) is 42.0 Å². The fraction of sp³-hybridized carbons (Fsp3) is 0.217. The first-order valence-electron chi connectivity index (χ1n) is 10.2. The fourth-order valence-corrected chi connectivity index (χ4v) is 2.82. The zero-order valence-electron chi connectivity index (χ0n) is 17.6. The molecule has 32 heavy (non-hydrogen) atoms. The summed E-state index contributed by atoms with van der Waals surface area (Å²) >= 11 is 0. The molecular formula is C23H24N4O5. The molecule has 0 aromatic heterocycles. The first kappa shape index (κ1) is 22.9. The SMILES string of the molecule is CCOCCCNC(=O)C(/C=C1\C(=O)ONN1c1ccccc1)=NC(=O)c1ccccc1. The Morgan fingerprint density at radius 1 is 1.12 bits per heavy atom. The molecule has 0 bridgehead atoms. The van der Waals surface area contributed by atoms with Crippen molar-refractivity contribution in [2.24, 2.45) is 4.99 Å². The van der Waals surface area contributed by atoms with Crippen LogP contribution in [0.25, 0.3) is 0 Å². The highest BCUT2D eigenvalue weighted by molar-refractivity contribution is 6.45. The molecule has 1 fully saturated rings. The summed E-state index contributed by atoms with van der Waals surface area (Å²) in [7, 11) is 0. The van der Waals surface area contributed by atoms with Gasteiger partial charge in [-0.2, -0.15) is 0 Å². The van der Waals surface area contributed by atoms with E-state index in [1.807, 2.05) is 13.0 Å². The number of carbonyl (C=O) groups excluding carboxylic acids is 3. The number of amides is 2. The molecule has 166 valence electrons. The van der Waals surface area contributed by atoms with Crippen LogP contribution in [0.15, 0.2) is 77.4 Å². The second-order valence-electron chi connectivity index (χ2n) is 6.66. The number of nitrogens with one attached hydrogen (secondary N) is 2. The highest BCUT2D eigenvalue weighted by Crippen LogP contribution is 2.21. The minimum Gasteiger partial charge on any atom is -0.382 e. The Bertz CT molecular complexity index is 1010. The Hall–Kier alpha value is -3.82. The van der Waals surface area contributed by atoms with E-state index in [0.717, 1.165) is 0 Å². The van der Waals surface area contributed by atoms with Gasteiger partial charge in [-0.15, -0.1) is 0 Å². The summed E-state index contributed by atoms with van der Waals surface area (Å²) in [4.78, 5) is 46.6. The Morgan fingerprint density at radius 2 is 1.81 bits per heavy atom. The summed E-state index contributed by atoms with van der Waals surface area (Å²) in [6.07, 6.45) is 1.82. The predicted molar refractivity (Wildman–Crippen MR) is 119 cm³/mol. The van der Waals surface area contributed by atoms with Crippen LogP contribution in [-0.4, -0.2) is 43.3 Å². The molecule has 0 aliphatic carbocycles. The molecule has 3 rings (SSSR count). The van der Waals surface area contributed by atoms with Gasteiger partial charge in [0.15, 0.2) is 5.70 Å². The number of hydrogen-bond donors (Lipinski definition) is 2. The van der Waals surface area contributed by atoms with Gasteiger partial charge in [0, 0.05) is 31.4 Å². The highest BCUT2D eigenvalue weighted by atomic mass is 16.7. The van der Waals surface area contributed by atoms with E-state index in [0.29, 0.717) is 37.4 Å². The third kappa shape index (κ3) is 6.10. The molecular weight excluding hydrogens is 412 g/mol. The zero-order chi connectivity index (χ0) is 22.8. The third-order valence-corrected chi connectivity index (χ3v) is 4.40. The second kappa shape index (κ2) is 11.5. The third-order valence-electron chi connectivity index (χ3n) is 4.40. The van der Waals surface area contributed by atoms with Crippen LogP contribution >= 0.6 is 0 Å². The van der Waals surface area contributed by atoms with Crippen molar-refractivity contribution in [3.05, 3.63) is 78.0 Å². The minimum atomic E-state index is -0.710. The Balaban J connectivity index is 1.88. The number of anilines is 1. The van der Waals surface area contributed by atoms with Crippen molar-refractivity contribution >= 4 is 29.2 Å². The lowest BCUT2D eigenvalue weighted by Crippen LogP contribution is -2.34. The monoisotopic (exact) mass is 436 g/mol. The number of hydrogen-bond acceptors (Lipinski definition) is 7. The fourth-order valence-electron chi connectivity index (χ4n) is 2.82. The summed E-state index contributed by atoms with van der Waals surface area (Å²) in [5.74, 6) is -1.91. The van der Waals surface area contributed by atoms with E-state index in [2.05, 4.69) is 15.9 Å². The van der Waals surface area contributed by atoms with Crippen molar-refractivity contribution in [2.75, 3.05) is 24.8 Å². The molecule has 9 nitrogen and oxygen atoms in total. The molecule has 0 atom stereocenters. The van der Waals surface area contributed by atoms with E-state index in [1.165, 1.54) is 11.1 Å². The zero-order valence-corrected chi connectivity index (χ0v) is 17.6. The van der Waals surface area contributed by atoms with Crippen LogP contribution in [0.2, 0.25) is 0 Å². The first-order chi connectivity index (χ1) is 15.6. The van der Waals surface area contributed by atoms with Crippen LogP contribution in [0, 0.1) is 0 Å². The molecule has 0 spiro atoms. The number of nitrogens with zero attached hydrogens (tertiary/aromatic N) is 2. The normalized spacial score (nSPS) is 15.0. The quantitative estimate of drug-likeness (QED) is 0.352. The summed E-state index contributed by atoms with van der Waals surface area (Å²) in [5, 5.41) is 4.07. The number of hydrazine groups is 1. The Morgan fingerprint density at radius 3 is 2.50 bits per heavy atom. The predicted octanol–water partition coefficient (Wildman–Crippen LogP) is 2.18. The van der Waals surface area contributed by atoms with Crippen LogP contribution in [0.3, 0.4) is 0 Å². The lowest BCUT2D eigenvalue weighted by Gasteiger charge is -2.15. The van der Waals surface area contributed by atoms with Gasteiger partial charge >= 0.3 is 5.97 Å². The van der Waals surface area contributed by atoms with Crippen LogP contribution in [0.1, 0.15) is 23.7 Å². The summed E-state index contributed by atoms with van der Waals surface area (Å²) in [6.45, 7) is 3.29. The van der Waals surface area contributed by atoms with Crippen LogP contribution in [0.5, 0.6) is 0 Å². The van der Waals surface area contributed by atoms with Crippen molar-refractivity contribution in [1.29, 1.82) is 0 Å². The van der Waals surface area contributed by atoms with Crippen molar-refractivity contribution in [3.8, 4) is 0 Å². The maximum absolute atomic E-state index is 12.8. The van der Waals surface area contributed by atoms with E-state index < -0.39 is 17.8 Å². The second-order valence-corrected chi connectivity index (χ2v) is 6.66. The number of benzene rings is 2. The average molecular weight is 436 g/mol. The van der Waals surface area contributed by atoms with Gasteiger partial charge in [0.25, 0.3) is 11.8 Å². The highest BCUT2D eigenvalue weighted by Gasteiger charge is 2.30. The molecule has 1 aliphatic heterocycles. The van der Waals surface area contributed by atoms with Crippen molar-refractivity contribution in [3.63, 3.8) is 0 Å². The van der Waals surface area contributed by atoms with Crippen LogP contribution in [-0.2, 0) is 19.2 Å². The van der Waals surface area contributed by atoms with Gasteiger partial charge in [0.2, 0.25) is 0 Å². The number of carbonyl (C=O) groups is 3. The average Bonchev–Trinajstić information content (AvgIpc) is 3.19. The molecule has 2 amide bonds. The number of aliphatic imine (C=N–C) groups is 1. The molecule has 2 aromatic carbocycles. The van der Waals surface area contributed by atoms with E-state index in [9.17, 15) is 14.4 Å². The smallest absolute Gasteiger partial charge is 0.376 e. The van der Waals surface area contributed by atoms with Gasteiger partial charge in [0.05, 0.1) is 5.69 Å². The van der Waals surface area contributed by atoms with E-state index in [1.54, 1.807) is 54.6 Å².